The van der Waals surface area contributed by atoms with Crippen molar-refractivity contribution in [2.45, 2.75) is 13.0 Å². The lowest BCUT2D eigenvalue weighted by Gasteiger charge is -2.17. The molecular weight excluding hydrogens is 422 g/mol. The molecule has 3 amide bonds. The zero-order valence-corrected chi connectivity index (χ0v) is 17.1. The molecule has 1 aliphatic heterocycles. The van der Waals surface area contributed by atoms with Gasteiger partial charge in [-0.3, -0.25) is 40.7 Å². The maximum Gasteiger partial charge on any atom is 0.269 e. The van der Waals surface area contributed by atoms with Crippen LogP contribution in [0.15, 0.2) is 54.6 Å². The number of nitro benzene ring substituents is 1. The van der Waals surface area contributed by atoms with Gasteiger partial charge in [0.2, 0.25) is 11.8 Å². The van der Waals surface area contributed by atoms with Gasteiger partial charge in [0, 0.05) is 37.2 Å². The van der Waals surface area contributed by atoms with E-state index < -0.39 is 22.7 Å². The molecule has 1 unspecified atom stereocenters. The smallest absolute Gasteiger partial charge is 0.269 e. The Bertz CT molecular complexity index is 1010. The third-order valence-electron chi connectivity index (χ3n) is 4.67. The average molecular weight is 441 g/mol. The number of amides is 3. The fraction of sp³-hybridized carbons (Fsp3) is 0.200. The highest BCUT2D eigenvalue weighted by molar-refractivity contribution is 7.80. The van der Waals surface area contributed by atoms with Crippen LogP contribution in [0.1, 0.15) is 22.3 Å². The lowest BCUT2D eigenvalue weighted by molar-refractivity contribution is -0.384. The predicted molar refractivity (Wildman–Crippen MR) is 114 cm³/mol. The summed E-state index contributed by atoms with van der Waals surface area (Å²) in [5, 5.41) is 12.9. The Balaban J connectivity index is 1.45. The van der Waals surface area contributed by atoms with Crippen LogP contribution in [0.25, 0.3) is 0 Å². The zero-order chi connectivity index (χ0) is 22.4. The number of benzene rings is 2. The first-order valence-corrected chi connectivity index (χ1v) is 9.71. The summed E-state index contributed by atoms with van der Waals surface area (Å²) in [5.41, 5.74) is 5.83. The third-order valence-corrected chi connectivity index (χ3v) is 4.87. The number of hydrazine groups is 1. The van der Waals surface area contributed by atoms with Crippen molar-refractivity contribution >= 4 is 40.7 Å². The maximum atomic E-state index is 12.4. The van der Waals surface area contributed by atoms with Gasteiger partial charge in [0.05, 0.1) is 10.8 Å². The third kappa shape index (κ3) is 5.82. The van der Waals surface area contributed by atoms with Gasteiger partial charge in [0.15, 0.2) is 5.11 Å². The monoisotopic (exact) mass is 441 g/mol. The van der Waals surface area contributed by atoms with E-state index in [9.17, 15) is 24.5 Å². The largest absolute Gasteiger partial charge is 0.338 e. The first-order chi connectivity index (χ1) is 14.8. The molecule has 0 saturated carbocycles. The Morgan fingerprint density at radius 1 is 1.10 bits per heavy atom. The first-order valence-electron chi connectivity index (χ1n) is 9.31. The summed E-state index contributed by atoms with van der Waals surface area (Å²) in [5.74, 6) is -1.67. The lowest BCUT2D eigenvalue weighted by atomic mass is 10.1. The van der Waals surface area contributed by atoms with E-state index >= 15 is 0 Å². The number of nitrogens with zero attached hydrogens (tertiary/aromatic N) is 2. The maximum absolute atomic E-state index is 12.4. The summed E-state index contributed by atoms with van der Waals surface area (Å²) in [4.78, 5) is 48.4. The molecule has 0 spiro atoms. The topological polar surface area (TPSA) is 134 Å². The van der Waals surface area contributed by atoms with Crippen LogP contribution in [-0.2, 0) is 16.1 Å². The SMILES string of the molecule is O=C(NC(=S)NNC(=O)C1CC(=O)N(Cc2ccccc2)C1)c1ccc([N+](=O)[O-])cc1. The number of carbonyl (C=O) groups excluding carboxylic acids is 3. The Morgan fingerprint density at radius 3 is 2.42 bits per heavy atom. The van der Waals surface area contributed by atoms with Gasteiger partial charge < -0.3 is 4.90 Å². The van der Waals surface area contributed by atoms with Crippen LogP contribution in [0, 0.1) is 16.0 Å². The van der Waals surface area contributed by atoms with Crippen LogP contribution >= 0.6 is 12.2 Å². The van der Waals surface area contributed by atoms with E-state index in [4.69, 9.17) is 12.2 Å². The standard InChI is InChI=1S/C20H19N5O5S/c26-17-10-15(12-24(17)11-13-4-2-1-3-5-13)19(28)22-23-20(31)21-18(27)14-6-8-16(9-7-14)25(29)30/h1-9,15H,10-12H2,(H,22,28)(H2,21,23,27,31). The van der Waals surface area contributed by atoms with E-state index in [1.54, 1.807) is 4.90 Å². The Labute approximate surface area is 182 Å². The Hall–Kier alpha value is -3.86. The fourth-order valence-electron chi connectivity index (χ4n) is 3.07. The quantitative estimate of drug-likeness (QED) is 0.361. The summed E-state index contributed by atoms with van der Waals surface area (Å²) in [6.45, 7) is 0.712. The number of nitro groups is 1. The van der Waals surface area contributed by atoms with Gasteiger partial charge in [-0.15, -0.1) is 0 Å². The summed E-state index contributed by atoms with van der Waals surface area (Å²) in [7, 11) is 0. The Kier molecular flexibility index (Phi) is 6.88. The molecule has 1 heterocycles. The van der Waals surface area contributed by atoms with Crippen LogP contribution < -0.4 is 16.2 Å². The highest BCUT2D eigenvalue weighted by atomic mass is 32.1. The van der Waals surface area contributed by atoms with E-state index in [0.29, 0.717) is 6.54 Å². The summed E-state index contributed by atoms with van der Waals surface area (Å²) >= 11 is 4.98. The van der Waals surface area contributed by atoms with Crippen molar-refractivity contribution in [3.63, 3.8) is 0 Å². The second-order valence-electron chi connectivity index (χ2n) is 6.86. The van der Waals surface area contributed by atoms with Gasteiger partial charge in [-0.25, -0.2) is 0 Å². The van der Waals surface area contributed by atoms with Gasteiger partial charge in [0.1, 0.15) is 0 Å². The zero-order valence-electron chi connectivity index (χ0n) is 16.2. The van der Waals surface area contributed by atoms with Crippen molar-refractivity contribution in [3.8, 4) is 0 Å². The minimum atomic E-state index is -0.591. The van der Waals surface area contributed by atoms with E-state index in [1.807, 2.05) is 30.3 Å². The van der Waals surface area contributed by atoms with Crippen molar-refractivity contribution in [1.29, 1.82) is 0 Å². The van der Waals surface area contributed by atoms with Crippen LogP contribution in [0.3, 0.4) is 0 Å². The molecule has 1 atom stereocenters. The normalized spacial score (nSPS) is 15.3. The second kappa shape index (κ2) is 9.76. The van der Waals surface area contributed by atoms with Crippen LogP contribution in [0.5, 0.6) is 0 Å². The molecule has 2 aromatic carbocycles. The highest BCUT2D eigenvalue weighted by Gasteiger charge is 2.34. The molecule has 0 bridgehead atoms. The van der Waals surface area contributed by atoms with E-state index in [0.717, 1.165) is 5.56 Å². The molecule has 2 aromatic rings. The van der Waals surface area contributed by atoms with Gasteiger partial charge in [0.25, 0.3) is 11.6 Å². The highest BCUT2D eigenvalue weighted by Crippen LogP contribution is 2.20. The first kappa shape index (κ1) is 21.8. The number of nitrogens with one attached hydrogen (secondary N) is 3. The van der Waals surface area contributed by atoms with Crippen LogP contribution in [0.2, 0.25) is 0 Å². The number of thiocarbonyl (C=S) groups is 1. The van der Waals surface area contributed by atoms with Crippen molar-refractivity contribution in [1.82, 2.24) is 21.1 Å². The van der Waals surface area contributed by atoms with Gasteiger partial charge in [-0.05, 0) is 29.9 Å². The number of rotatable bonds is 5. The summed E-state index contributed by atoms with van der Waals surface area (Å²) in [6, 6.07) is 14.5. The molecule has 1 saturated heterocycles. The van der Waals surface area contributed by atoms with Crippen molar-refractivity contribution in [3.05, 3.63) is 75.8 Å². The Morgan fingerprint density at radius 2 is 1.77 bits per heavy atom. The van der Waals surface area contributed by atoms with Crippen LogP contribution in [0.4, 0.5) is 5.69 Å². The molecule has 160 valence electrons. The van der Waals surface area contributed by atoms with E-state index in [-0.39, 0.29) is 35.2 Å². The molecule has 31 heavy (non-hydrogen) atoms. The van der Waals surface area contributed by atoms with Crippen molar-refractivity contribution < 1.29 is 19.3 Å². The second-order valence-corrected chi connectivity index (χ2v) is 7.27. The van der Waals surface area contributed by atoms with Gasteiger partial charge in [-0.2, -0.15) is 0 Å². The molecule has 1 aliphatic rings. The lowest BCUT2D eigenvalue weighted by Crippen LogP contribution is -2.50. The molecular formula is C20H19N5O5S. The fourth-order valence-corrected chi connectivity index (χ4v) is 3.21. The minimum absolute atomic E-state index is 0.0856. The number of non-ortho nitro benzene ring substituents is 1. The molecule has 0 aromatic heterocycles. The number of hydrogen-bond acceptors (Lipinski definition) is 6. The van der Waals surface area contributed by atoms with E-state index in [1.165, 1.54) is 24.3 Å². The minimum Gasteiger partial charge on any atom is -0.338 e. The molecule has 0 aliphatic carbocycles. The van der Waals surface area contributed by atoms with Crippen molar-refractivity contribution in [2.24, 2.45) is 5.92 Å². The molecule has 11 heteroatoms. The number of hydrogen-bond donors (Lipinski definition) is 3. The molecule has 3 rings (SSSR count). The predicted octanol–water partition coefficient (Wildman–Crippen LogP) is 1.28. The van der Waals surface area contributed by atoms with Crippen LogP contribution in [-0.4, -0.2) is 39.2 Å². The average Bonchev–Trinajstić information content (AvgIpc) is 3.13. The summed E-state index contributed by atoms with van der Waals surface area (Å²) < 4.78 is 0. The number of likely N-dealkylation sites (tertiary alicyclic amines) is 1. The molecule has 1 fully saturated rings. The molecule has 0 radical (unpaired) electrons. The van der Waals surface area contributed by atoms with Crippen molar-refractivity contribution in [2.75, 3.05) is 6.54 Å². The van der Waals surface area contributed by atoms with Gasteiger partial charge in [-0.1, -0.05) is 30.3 Å². The number of carbonyl (C=O) groups is 3. The summed E-state index contributed by atoms with van der Waals surface area (Å²) in [6.07, 6.45) is 0.0856. The van der Waals surface area contributed by atoms with Gasteiger partial charge >= 0.3 is 0 Å². The molecule has 3 N–H and O–H groups in total. The van der Waals surface area contributed by atoms with E-state index in [2.05, 4.69) is 16.2 Å². The molecule has 10 nitrogen and oxygen atoms in total.